The van der Waals surface area contributed by atoms with Crippen molar-refractivity contribution in [3.05, 3.63) is 23.2 Å². The summed E-state index contributed by atoms with van der Waals surface area (Å²) in [4.78, 5) is 24.3. The Kier molecular flexibility index (Phi) is 3.38. The third kappa shape index (κ3) is 2.38. The van der Waals surface area contributed by atoms with Crippen LogP contribution in [0.15, 0.2) is 10.5 Å². The lowest BCUT2D eigenvalue weighted by molar-refractivity contribution is -0.128. The van der Waals surface area contributed by atoms with Gasteiger partial charge in [-0.05, 0) is 19.9 Å². The average molecular weight is 252 g/mol. The van der Waals surface area contributed by atoms with Gasteiger partial charge in [-0.15, -0.1) is 0 Å². The van der Waals surface area contributed by atoms with Gasteiger partial charge in [-0.25, -0.2) is 4.79 Å². The van der Waals surface area contributed by atoms with E-state index in [0.717, 1.165) is 12.1 Å². The van der Waals surface area contributed by atoms with Crippen LogP contribution in [0.1, 0.15) is 28.8 Å². The summed E-state index contributed by atoms with van der Waals surface area (Å²) in [5, 5.41) is 11.6. The number of carboxylic acid groups (broad SMARTS) is 1. The van der Waals surface area contributed by atoms with Crippen LogP contribution in [0, 0.1) is 6.92 Å². The van der Waals surface area contributed by atoms with Gasteiger partial charge in [0.15, 0.2) is 0 Å². The van der Waals surface area contributed by atoms with E-state index in [-0.39, 0.29) is 17.7 Å². The third-order valence-electron chi connectivity index (χ3n) is 3.23. The molecule has 0 radical (unpaired) electrons. The molecule has 2 N–H and O–H groups in total. The summed E-state index contributed by atoms with van der Waals surface area (Å²) in [7, 11) is 0. The first-order valence-electron chi connectivity index (χ1n) is 5.83. The maximum absolute atomic E-state index is 11.5. The van der Waals surface area contributed by atoms with Crippen molar-refractivity contribution in [3.8, 4) is 0 Å². The summed E-state index contributed by atoms with van der Waals surface area (Å²) in [6, 6.07) is 1.32. The molecule has 98 valence electrons. The van der Waals surface area contributed by atoms with Crippen LogP contribution in [0.3, 0.4) is 0 Å². The van der Waals surface area contributed by atoms with Crippen molar-refractivity contribution in [1.82, 2.24) is 10.2 Å². The van der Waals surface area contributed by atoms with E-state index < -0.39 is 5.97 Å². The molecule has 1 aliphatic heterocycles. The van der Waals surface area contributed by atoms with Crippen LogP contribution in [0.4, 0.5) is 0 Å². The number of aryl methyl sites for hydroxylation is 1. The van der Waals surface area contributed by atoms with Crippen molar-refractivity contribution in [1.29, 1.82) is 0 Å². The highest BCUT2D eigenvalue weighted by Crippen LogP contribution is 2.18. The summed E-state index contributed by atoms with van der Waals surface area (Å²) in [6.45, 7) is 5.46. The number of hydrogen-bond acceptors (Lipinski definition) is 4. The van der Waals surface area contributed by atoms with Crippen LogP contribution in [-0.2, 0) is 11.3 Å². The van der Waals surface area contributed by atoms with Crippen molar-refractivity contribution in [2.75, 3.05) is 13.1 Å². The zero-order valence-electron chi connectivity index (χ0n) is 10.4. The molecule has 0 saturated carbocycles. The first kappa shape index (κ1) is 12.6. The number of aromatic carboxylic acids is 1. The van der Waals surface area contributed by atoms with E-state index in [0.29, 0.717) is 18.8 Å². The molecule has 18 heavy (non-hydrogen) atoms. The van der Waals surface area contributed by atoms with Gasteiger partial charge in [0.1, 0.15) is 5.76 Å². The van der Waals surface area contributed by atoms with E-state index >= 15 is 0 Å². The van der Waals surface area contributed by atoms with Crippen molar-refractivity contribution >= 4 is 11.9 Å². The van der Waals surface area contributed by atoms with Crippen LogP contribution in [0.2, 0.25) is 0 Å². The molecule has 1 atom stereocenters. The molecule has 0 bridgehead atoms. The number of carboxylic acids is 1. The summed E-state index contributed by atoms with van der Waals surface area (Å²) >= 11 is 0. The molecular formula is C12H16N2O4. The van der Waals surface area contributed by atoms with Crippen molar-refractivity contribution < 1.29 is 19.1 Å². The second-order valence-electron chi connectivity index (χ2n) is 4.43. The highest BCUT2D eigenvalue weighted by Gasteiger charge is 2.26. The molecule has 1 aliphatic rings. The number of nitrogens with zero attached hydrogens (tertiary/aromatic N) is 1. The Bertz CT molecular complexity index is 480. The lowest BCUT2D eigenvalue weighted by Gasteiger charge is -2.32. The Hall–Kier alpha value is -1.82. The van der Waals surface area contributed by atoms with Crippen LogP contribution in [0.5, 0.6) is 0 Å². The standard InChI is InChI=1S/C12H16N2O4/c1-7-11(15)13-3-4-14(7)6-9-5-10(12(16)17)18-8(9)2/h5,7H,3-4,6H2,1-2H3,(H,13,15)(H,16,17). The Morgan fingerprint density at radius 1 is 1.67 bits per heavy atom. The molecule has 1 amide bonds. The number of carbonyl (C=O) groups excluding carboxylic acids is 1. The molecule has 1 aromatic rings. The van der Waals surface area contributed by atoms with Crippen molar-refractivity contribution in [2.45, 2.75) is 26.4 Å². The Morgan fingerprint density at radius 2 is 2.39 bits per heavy atom. The number of amides is 1. The molecular weight excluding hydrogens is 236 g/mol. The van der Waals surface area contributed by atoms with Crippen LogP contribution in [-0.4, -0.2) is 41.0 Å². The van der Waals surface area contributed by atoms with E-state index in [1.165, 1.54) is 6.07 Å². The summed E-state index contributed by atoms with van der Waals surface area (Å²) in [6.07, 6.45) is 0. The maximum Gasteiger partial charge on any atom is 0.371 e. The second kappa shape index (κ2) is 4.81. The van der Waals surface area contributed by atoms with Crippen molar-refractivity contribution in [3.63, 3.8) is 0 Å². The molecule has 2 rings (SSSR count). The monoisotopic (exact) mass is 252 g/mol. The molecule has 2 heterocycles. The van der Waals surface area contributed by atoms with E-state index in [9.17, 15) is 9.59 Å². The van der Waals surface area contributed by atoms with Gasteiger partial charge in [-0.2, -0.15) is 0 Å². The molecule has 0 aromatic carbocycles. The molecule has 1 saturated heterocycles. The van der Waals surface area contributed by atoms with Crippen molar-refractivity contribution in [2.24, 2.45) is 0 Å². The van der Waals surface area contributed by atoms with Crippen LogP contribution in [0.25, 0.3) is 0 Å². The Labute approximate surface area is 105 Å². The zero-order valence-corrected chi connectivity index (χ0v) is 10.4. The molecule has 0 spiro atoms. The lowest BCUT2D eigenvalue weighted by Crippen LogP contribution is -2.53. The number of piperazine rings is 1. The number of rotatable bonds is 3. The second-order valence-corrected chi connectivity index (χ2v) is 4.43. The smallest absolute Gasteiger partial charge is 0.371 e. The minimum Gasteiger partial charge on any atom is -0.475 e. The topological polar surface area (TPSA) is 82.8 Å². The fourth-order valence-electron chi connectivity index (χ4n) is 2.05. The largest absolute Gasteiger partial charge is 0.475 e. The average Bonchev–Trinajstić information content (AvgIpc) is 2.67. The zero-order chi connectivity index (χ0) is 13.3. The van der Waals surface area contributed by atoms with Gasteiger partial charge in [0, 0.05) is 25.2 Å². The predicted molar refractivity (Wildman–Crippen MR) is 63.3 cm³/mol. The van der Waals surface area contributed by atoms with Gasteiger partial charge < -0.3 is 14.8 Å². The van der Waals surface area contributed by atoms with Gasteiger partial charge in [0.2, 0.25) is 11.7 Å². The molecule has 6 nitrogen and oxygen atoms in total. The first-order valence-corrected chi connectivity index (χ1v) is 5.83. The lowest BCUT2D eigenvalue weighted by atomic mass is 10.1. The molecule has 1 unspecified atom stereocenters. The Balaban J connectivity index is 2.13. The van der Waals surface area contributed by atoms with E-state index in [4.69, 9.17) is 9.52 Å². The normalized spacial score (nSPS) is 20.8. The SMILES string of the molecule is Cc1oc(C(=O)O)cc1CN1CCNC(=O)C1C. The summed E-state index contributed by atoms with van der Waals surface area (Å²) < 4.78 is 5.15. The maximum atomic E-state index is 11.5. The fraction of sp³-hybridized carbons (Fsp3) is 0.500. The van der Waals surface area contributed by atoms with Gasteiger partial charge >= 0.3 is 5.97 Å². The van der Waals surface area contributed by atoms with Gasteiger partial charge in [0.25, 0.3) is 0 Å². The first-order chi connectivity index (χ1) is 8.49. The van der Waals surface area contributed by atoms with Gasteiger partial charge in [0.05, 0.1) is 6.04 Å². The van der Waals surface area contributed by atoms with Gasteiger partial charge in [-0.1, -0.05) is 0 Å². The number of furan rings is 1. The quantitative estimate of drug-likeness (QED) is 0.823. The van der Waals surface area contributed by atoms with E-state index in [1.807, 2.05) is 11.8 Å². The highest BCUT2D eigenvalue weighted by molar-refractivity contribution is 5.84. The Morgan fingerprint density at radius 3 is 3.00 bits per heavy atom. The van der Waals surface area contributed by atoms with E-state index in [2.05, 4.69) is 5.32 Å². The number of nitrogens with one attached hydrogen (secondary N) is 1. The summed E-state index contributed by atoms with van der Waals surface area (Å²) in [5.41, 5.74) is 0.814. The molecule has 1 aromatic heterocycles. The predicted octanol–water partition coefficient (Wildman–Crippen LogP) is 0.607. The number of carbonyl (C=O) groups is 2. The molecule has 0 aliphatic carbocycles. The van der Waals surface area contributed by atoms with Crippen LogP contribution >= 0.6 is 0 Å². The van der Waals surface area contributed by atoms with Crippen LogP contribution < -0.4 is 5.32 Å². The third-order valence-corrected chi connectivity index (χ3v) is 3.23. The van der Waals surface area contributed by atoms with Gasteiger partial charge in [-0.3, -0.25) is 9.69 Å². The fourth-order valence-corrected chi connectivity index (χ4v) is 2.05. The van der Waals surface area contributed by atoms with E-state index in [1.54, 1.807) is 6.92 Å². The minimum absolute atomic E-state index is 0.000793. The minimum atomic E-state index is -1.08. The molecule has 1 fully saturated rings. The summed E-state index contributed by atoms with van der Waals surface area (Å²) in [5.74, 6) is -0.545. The molecule has 6 heteroatoms. The number of hydrogen-bond donors (Lipinski definition) is 2. The highest BCUT2D eigenvalue weighted by atomic mass is 16.4.